The van der Waals surface area contributed by atoms with E-state index in [2.05, 4.69) is 0 Å². The molecule has 0 bridgehead atoms. The van der Waals surface area contributed by atoms with E-state index in [4.69, 9.17) is 15.9 Å². The summed E-state index contributed by atoms with van der Waals surface area (Å²) in [5.74, 6) is -1.40. The van der Waals surface area contributed by atoms with Crippen LogP contribution in [0.1, 0.15) is 25.0 Å². The molecule has 0 unspecified atom stereocenters. The minimum absolute atomic E-state index is 0.0395. The molecule has 0 heterocycles. The number of benzene rings is 1. The average Bonchev–Trinajstić information content (AvgIpc) is 2.36. The number of hydrogen-bond acceptors (Lipinski definition) is 4. The van der Waals surface area contributed by atoms with Crippen molar-refractivity contribution in [3.8, 4) is 0 Å². The van der Waals surface area contributed by atoms with Crippen molar-refractivity contribution in [1.29, 1.82) is 0 Å². The standard InChI is InChI=1S/C14H19NO4S/c1-14(2,12(15)13(18)19)20-8-10-6-4-3-5-9(10)7-11(16)17/h3-6,12H,7-8,15H2,1-2H3,(H,16,17)(H,18,19)/t12-/m0/s1. The van der Waals surface area contributed by atoms with E-state index in [1.807, 2.05) is 12.1 Å². The number of rotatable bonds is 7. The Hall–Kier alpha value is -1.53. The van der Waals surface area contributed by atoms with E-state index in [-0.39, 0.29) is 6.42 Å². The highest BCUT2D eigenvalue weighted by atomic mass is 32.2. The zero-order valence-electron chi connectivity index (χ0n) is 11.5. The van der Waals surface area contributed by atoms with Crippen LogP contribution in [0.5, 0.6) is 0 Å². The number of carboxylic acids is 2. The number of thioether (sulfide) groups is 1. The molecule has 0 fully saturated rings. The van der Waals surface area contributed by atoms with E-state index in [1.54, 1.807) is 26.0 Å². The lowest BCUT2D eigenvalue weighted by Gasteiger charge is -2.28. The van der Waals surface area contributed by atoms with Gasteiger partial charge in [-0.1, -0.05) is 24.3 Å². The highest BCUT2D eigenvalue weighted by Gasteiger charge is 2.32. The molecule has 0 aliphatic rings. The Morgan fingerprint density at radius 3 is 2.30 bits per heavy atom. The number of hydrogen-bond donors (Lipinski definition) is 3. The predicted molar refractivity (Wildman–Crippen MR) is 78.8 cm³/mol. The summed E-state index contributed by atoms with van der Waals surface area (Å²) in [4.78, 5) is 21.8. The molecule has 20 heavy (non-hydrogen) atoms. The van der Waals surface area contributed by atoms with Gasteiger partial charge in [0.05, 0.1) is 6.42 Å². The van der Waals surface area contributed by atoms with Gasteiger partial charge in [-0.3, -0.25) is 9.59 Å². The molecule has 0 saturated carbocycles. The lowest BCUT2D eigenvalue weighted by atomic mass is 10.0. The van der Waals surface area contributed by atoms with Crippen molar-refractivity contribution in [1.82, 2.24) is 0 Å². The first-order valence-corrected chi connectivity index (χ1v) is 7.13. The van der Waals surface area contributed by atoms with Crippen LogP contribution >= 0.6 is 11.8 Å². The Balaban J connectivity index is 2.79. The van der Waals surface area contributed by atoms with Crippen LogP contribution < -0.4 is 5.73 Å². The molecule has 0 saturated heterocycles. The van der Waals surface area contributed by atoms with Gasteiger partial charge in [-0.2, -0.15) is 0 Å². The van der Waals surface area contributed by atoms with Crippen LogP contribution in [0.15, 0.2) is 24.3 Å². The summed E-state index contributed by atoms with van der Waals surface area (Å²) in [5.41, 5.74) is 7.30. The van der Waals surface area contributed by atoms with Crippen molar-refractivity contribution in [2.75, 3.05) is 0 Å². The van der Waals surface area contributed by atoms with Gasteiger partial charge in [0, 0.05) is 10.5 Å². The molecule has 0 aliphatic carbocycles. The Bertz CT molecular complexity index is 502. The molecule has 1 aromatic rings. The minimum atomic E-state index is -1.04. The van der Waals surface area contributed by atoms with Crippen LogP contribution in [0.25, 0.3) is 0 Å². The van der Waals surface area contributed by atoms with Crippen LogP contribution in [0, 0.1) is 0 Å². The largest absolute Gasteiger partial charge is 0.481 e. The maximum absolute atomic E-state index is 11.0. The molecule has 5 nitrogen and oxygen atoms in total. The number of carbonyl (C=O) groups is 2. The summed E-state index contributed by atoms with van der Waals surface area (Å²) < 4.78 is -0.637. The average molecular weight is 297 g/mol. The Kier molecular flexibility index (Phi) is 5.59. The van der Waals surface area contributed by atoms with Crippen molar-refractivity contribution in [3.63, 3.8) is 0 Å². The van der Waals surface area contributed by atoms with Gasteiger partial charge in [-0.05, 0) is 25.0 Å². The Morgan fingerprint density at radius 2 is 1.80 bits per heavy atom. The van der Waals surface area contributed by atoms with Gasteiger partial charge in [0.2, 0.25) is 0 Å². The van der Waals surface area contributed by atoms with E-state index >= 15 is 0 Å². The third-order valence-corrected chi connectivity index (χ3v) is 4.53. The molecule has 6 heteroatoms. The van der Waals surface area contributed by atoms with Crippen molar-refractivity contribution in [2.45, 2.75) is 36.8 Å². The molecule has 0 aliphatic heterocycles. The highest BCUT2D eigenvalue weighted by Crippen LogP contribution is 2.31. The third-order valence-electron chi connectivity index (χ3n) is 3.07. The van der Waals surface area contributed by atoms with Crippen molar-refractivity contribution >= 4 is 23.7 Å². The van der Waals surface area contributed by atoms with E-state index in [9.17, 15) is 9.59 Å². The van der Waals surface area contributed by atoms with Crippen LogP contribution in [-0.4, -0.2) is 32.9 Å². The van der Waals surface area contributed by atoms with Gasteiger partial charge in [-0.25, -0.2) is 0 Å². The molecule has 0 aromatic heterocycles. The molecule has 4 N–H and O–H groups in total. The second kappa shape index (κ2) is 6.76. The van der Waals surface area contributed by atoms with Gasteiger partial charge in [0.25, 0.3) is 0 Å². The highest BCUT2D eigenvalue weighted by molar-refractivity contribution is 7.99. The quantitative estimate of drug-likeness (QED) is 0.708. The normalized spacial score (nSPS) is 12.9. The van der Waals surface area contributed by atoms with Gasteiger partial charge < -0.3 is 15.9 Å². The zero-order chi connectivity index (χ0) is 15.3. The number of aliphatic carboxylic acids is 2. The lowest BCUT2D eigenvalue weighted by molar-refractivity contribution is -0.139. The Labute approximate surface area is 122 Å². The van der Waals surface area contributed by atoms with E-state index in [1.165, 1.54) is 11.8 Å². The summed E-state index contributed by atoms with van der Waals surface area (Å²) in [6.07, 6.45) is -0.0395. The SMILES string of the molecule is CC(C)(SCc1ccccc1CC(=O)O)[C@@H](N)C(=O)O. The van der Waals surface area contributed by atoms with E-state index in [0.717, 1.165) is 11.1 Å². The number of carboxylic acid groups (broad SMARTS) is 2. The summed E-state index contributed by atoms with van der Waals surface area (Å²) in [6, 6.07) is 6.28. The molecule has 110 valence electrons. The monoisotopic (exact) mass is 297 g/mol. The predicted octanol–water partition coefficient (Wildman–Crippen LogP) is 1.74. The summed E-state index contributed by atoms with van der Waals surface area (Å²) in [7, 11) is 0. The van der Waals surface area contributed by atoms with Crippen LogP contribution in [0.2, 0.25) is 0 Å². The van der Waals surface area contributed by atoms with Crippen molar-refractivity contribution < 1.29 is 19.8 Å². The fourth-order valence-corrected chi connectivity index (χ4v) is 2.77. The lowest BCUT2D eigenvalue weighted by Crippen LogP contribution is -2.46. The van der Waals surface area contributed by atoms with Crippen LogP contribution in [0.4, 0.5) is 0 Å². The first kappa shape index (κ1) is 16.5. The van der Waals surface area contributed by atoms with Gasteiger partial charge in [0.15, 0.2) is 0 Å². The summed E-state index contributed by atoms with van der Waals surface area (Å²) in [6.45, 7) is 3.55. The molecular formula is C14H19NO4S. The molecule has 1 atom stereocenters. The maximum atomic E-state index is 11.0. The summed E-state index contributed by atoms with van der Waals surface area (Å²) in [5, 5.41) is 17.8. The zero-order valence-corrected chi connectivity index (χ0v) is 12.3. The number of nitrogens with two attached hydrogens (primary N) is 1. The molecule has 0 radical (unpaired) electrons. The van der Waals surface area contributed by atoms with Gasteiger partial charge in [0.1, 0.15) is 6.04 Å². The van der Waals surface area contributed by atoms with Gasteiger partial charge in [-0.15, -0.1) is 11.8 Å². The van der Waals surface area contributed by atoms with Crippen molar-refractivity contribution in [2.24, 2.45) is 5.73 Å². The fraction of sp³-hybridized carbons (Fsp3) is 0.429. The molecular weight excluding hydrogens is 278 g/mol. The van der Waals surface area contributed by atoms with E-state index in [0.29, 0.717) is 5.75 Å². The third kappa shape index (κ3) is 4.54. The fourth-order valence-electron chi connectivity index (χ4n) is 1.68. The van der Waals surface area contributed by atoms with Crippen LogP contribution in [-0.2, 0) is 21.8 Å². The topological polar surface area (TPSA) is 101 Å². The first-order chi connectivity index (χ1) is 9.24. The molecule has 0 amide bonds. The smallest absolute Gasteiger partial charge is 0.321 e. The summed E-state index contributed by atoms with van der Waals surface area (Å²) >= 11 is 1.41. The first-order valence-electron chi connectivity index (χ1n) is 6.15. The van der Waals surface area contributed by atoms with E-state index < -0.39 is 22.7 Å². The van der Waals surface area contributed by atoms with Crippen molar-refractivity contribution in [3.05, 3.63) is 35.4 Å². The van der Waals surface area contributed by atoms with Gasteiger partial charge >= 0.3 is 11.9 Å². The molecule has 1 rings (SSSR count). The Morgan fingerprint density at radius 1 is 1.25 bits per heavy atom. The van der Waals surface area contributed by atoms with Crippen LogP contribution in [0.3, 0.4) is 0 Å². The second-order valence-corrected chi connectivity index (χ2v) is 6.68. The molecule has 1 aromatic carbocycles. The second-order valence-electron chi connectivity index (χ2n) is 5.05. The maximum Gasteiger partial charge on any atom is 0.321 e. The minimum Gasteiger partial charge on any atom is -0.481 e. The molecule has 0 spiro atoms.